The summed E-state index contributed by atoms with van der Waals surface area (Å²) in [6, 6.07) is 10.8. The van der Waals surface area contributed by atoms with E-state index >= 15 is 0 Å². The topological polar surface area (TPSA) is 44.5 Å². The van der Waals surface area contributed by atoms with Gasteiger partial charge < -0.3 is 14.3 Å². The van der Waals surface area contributed by atoms with Crippen LogP contribution in [0.15, 0.2) is 30.3 Å². The second-order valence-corrected chi connectivity index (χ2v) is 7.26. The summed E-state index contributed by atoms with van der Waals surface area (Å²) in [7, 11) is -2.62. The lowest BCUT2D eigenvalue weighted by Gasteiger charge is -2.30. The van der Waals surface area contributed by atoms with Crippen molar-refractivity contribution in [1.82, 2.24) is 0 Å². The highest BCUT2D eigenvalue weighted by Crippen LogP contribution is 2.14. The molecule has 0 bridgehead atoms. The normalized spacial score (nSPS) is 12.4. The van der Waals surface area contributed by atoms with Crippen LogP contribution in [0.25, 0.3) is 0 Å². The van der Waals surface area contributed by atoms with E-state index in [0.29, 0.717) is 6.04 Å². The molecule has 0 saturated carbocycles. The molecule has 0 saturated heterocycles. The highest BCUT2D eigenvalue weighted by molar-refractivity contribution is 6.63. The molecule has 0 aromatic heterocycles. The van der Waals surface area contributed by atoms with E-state index in [1.807, 2.05) is 45.9 Å². The number of rotatable bonds is 6. The van der Waals surface area contributed by atoms with Crippen molar-refractivity contribution in [2.75, 3.05) is 0 Å². The van der Waals surface area contributed by atoms with E-state index in [-0.39, 0.29) is 12.2 Å². The third kappa shape index (κ3) is 5.45. The van der Waals surface area contributed by atoms with Crippen LogP contribution in [0, 0.1) is 0 Å². The molecular weight excluding hydrogens is 230 g/mol. The molecule has 0 heterocycles. The van der Waals surface area contributed by atoms with Crippen molar-refractivity contribution in [1.29, 1.82) is 0 Å². The molecule has 2 N–H and O–H groups in total. The first-order chi connectivity index (χ1) is 7.91. The lowest BCUT2D eigenvalue weighted by Crippen LogP contribution is -2.57. The van der Waals surface area contributed by atoms with E-state index in [4.69, 9.17) is 14.3 Å². The van der Waals surface area contributed by atoms with Crippen molar-refractivity contribution in [3.63, 3.8) is 0 Å². The largest absolute Gasteiger partial charge is 0.427 e. The van der Waals surface area contributed by atoms with Gasteiger partial charge in [-0.15, -0.1) is 0 Å². The summed E-state index contributed by atoms with van der Waals surface area (Å²) in [4.78, 5) is 0. The Balaban J connectivity index is 2.76. The summed E-state index contributed by atoms with van der Waals surface area (Å²) in [6.45, 7) is 7.96. The molecule has 96 valence electrons. The van der Waals surface area contributed by atoms with Crippen LogP contribution in [-0.2, 0) is 14.9 Å². The first-order valence-corrected chi connectivity index (χ1v) is 8.20. The summed E-state index contributed by atoms with van der Waals surface area (Å²) in [5.41, 5.74) is 1.17. The maximum absolute atomic E-state index is 6.33. The molecule has 1 rings (SSSR count). The highest BCUT2D eigenvalue weighted by atomic mass is 28.4. The molecule has 0 aliphatic rings. The second-order valence-electron chi connectivity index (χ2n) is 4.81. The zero-order valence-corrected chi connectivity index (χ0v) is 12.1. The van der Waals surface area contributed by atoms with Crippen LogP contribution in [-0.4, -0.2) is 20.9 Å². The molecular formula is C13H23NO2Si. The minimum absolute atomic E-state index is 0.0918. The van der Waals surface area contributed by atoms with Crippen LogP contribution in [0.5, 0.6) is 0 Å². The average molecular weight is 253 g/mol. The van der Waals surface area contributed by atoms with E-state index in [9.17, 15) is 0 Å². The van der Waals surface area contributed by atoms with Crippen molar-refractivity contribution in [3.8, 4) is 0 Å². The summed E-state index contributed by atoms with van der Waals surface area (Å²) >= 11 is 0. The third-order valence-corrected chi connectivity index (χ3v) is 4.81. The van der Waals surface area contributed by atoms with Crippen LogP contribution in [0.1, 0.15) is 33.3 Å². The zero-order valence-electron chi connectivity index (χ0n) is 11.1. The Morgan fingerprint density at radius 2 is 1.47 bits per heavy atom. The van der Waals surface area contributed by atoms with E-state index < -0.39 is 8.72 Å². The summed E-state index contributed by atoms with van der Waals surface area (Å²) in [5.74, 6) is 0. The zero-order chi connectivity index (χ0) is 12.9. The molecule has 0 aliphatic heterocycles. The number of hydrogen-bond donors (Lipinski definition) is 1. The molecule has 0 aliphatic carbocycles. The van der Waals surface area contributed by atoms with Crippen LogP contribution in [0.3, 0.4) is 0 Å². The molecule has 3 nitrogen and oxygen atoms in total. The predicted octanol–water partition coefficient (Wildman–Crippen LogP) is 2.52. The van der Waals surface area contributed by atoms with Crippen molar-refractivity contribution in [2.45, 2.75) is 45.9 Å². The molecule has 0 spiro atoms. The quantitative estimate of drug-likeness (QED) is 0.792. The van der Waals surface area contributed by atoms with Gasteiger partial charge in [0.1, 0.15) is 0 Å². The van der Waals surface area contributed by atoms with Crippen LogP contribution in [0.2, 0.25) is 0 Å². The molecule has 4 heteroatoms. The molecule has 1 aromatic rings. The lowest BCUT2D eigenvalue weighted by atomic mass is 10.2. The van der Waals surface area contributed by atoms with Gasteiger partial charge in [-0.25, -0.2) is 0 Å². The molecule has 0 unspecified atom stereocenters. The van der Waals surface area contributed by atoms with Gasteiger partial charge in [0.05, 0.1) is 0 Å². The van der Waals surface area contributed by atoms with Crippen molar-refractivity contribution < 1.29 is 8.85 Å². The maximum Gasteiger partial charge on any atom is 0.427 e. The van der Waals surface area contributed by atoms with Crippen molar-refractivity contribution in [3.05, 3.63) is 35.9 Å². The van der Waals surface area contributed by atoms with Gasteiger partial charge in [0, 0.05) is 18.3 Å². The summed E-state index contributed by atoms with van der Waals surface area (Å²) in [5, 5.41) is 6.33. The number of nitrogens with two attached hydrogens (primary N) is 1. The van der Waals surface area contributed by atoms with Gasteiger partial charge in [0.25, 0.3) is 0 Å². The Labute approximate surface area is 105 Å². The monoisotopic (exact) mass is 253 g/mol. The van der Waals surface area contributed by atoms with Gasteiger partial charge in [-0.3, -0.25) is 0 Å². The molecule has 0 radical (unpaired) electrons. The highest BCUT2D eigenvalue weighted by Gasteiger charge is 2.36. The first kappa shape index (κ1) is 14.4. The Morgan fingerprint density at radius 3 is 1.88 bits per heavy atom. The van der Waals surface area contributed by atoms with Gasteiger partial charge in [0.15, 0.2) is 0 Å². The van der Waals surface area contributed by atoms with E-state index in [2.05, 4.69) is 12.1 Å². The number of hydrogen-bond acceptors (Lipinski definition) is 3. The fourth-order valence-electron chi connectivity index (χ4n) is 1.79. The van der Waals surface area contributed by atoms with Gasteiger partial charge >= 0.3 is 8.72 Å². The maximum atomic E-state index is 6.33. The Bertz CT molecular complexity index is 317. The summed E-state index contributed by atoms with van der Waals surface area (Å²) < 4.78 is 11.7. The van der Waals surface area contributed by atoms with E-state index in [1.54, 1.807) is 0 Å². The average Bonchev–Trinajstić information content (AvgIpc) is 2.15. The number of benzene rings is 1. The Hall–Kier alpha value is -0.683. The minimum atomic E-state index is -2.62. The molecule has 1 aromatic carbocycles. The van der Waals surface area contributed by atoms with E-state index in [1.165, 1.54) is 5.56 Å². The first-order valence-electron chi connectivity index (χ1n) is 6.10. The summed E-state index contributed by atoms with van der Waals surface area (Å²) in [6.07, 6.45) is 0.184. The fourth-order valence-corrected chi connectivity index (χ4v) is 4.41. The van der Waals surface area contributed by atoms with Crippen molar-refractivity contribution >= 4 is 8.72 Å². The molecule has 0 atom stereocenters. The van der Waals surface area contributed by atoms with E-state index in [0.717, 1.165) is 0 Å². The van der Waals surface area contributed by atoms with Crippen LogP contribution < -0.4 is 5.40 Å². The van der Waals surface area contributed by atoms with Crippen LogP contribution in [0.4, 0.5) is 0 Å². The smallest absolute Gasteiger partial charge is 0.380 e. The minimum Gasteiger partial charge on any atom is -0.380 e. The Morgan fingerprint density at radius 1 is 1.00 bits per heavy atom. The fraction of sp³-hybridized carbons (Fsp3) is 0.538. The standard InChI is InChI=1S/C13H23NO2Si/c1-11(2)15-17(14,16-12(3)4)10-13-8-6-5-7-9-13/h5-9,11-12H,10,14H2,1-4H3. The van der Waals surface area contributed by atoms with Gasteiger partial charge in [0.2, 0.25) is 0 Å². The Kier molecular flexibility index (Phi) is 5.33. The van der Waals surface area contributed by atoms with Crippen LogP contribution >= 0.6 is 0 Å². The molecule has 0 fully saturated rings. The van der Waals surface area contributed by atoms with Gasteiger partial charge in [-0.1, -0.05) is 30.3 Å². The van der Waals surface area contributed by atoms with Crippen molar-refractivity contribution in [2.24, 2.45) is 5.40 Å². The SMILES string of the molecule is CC(C)O[Si](N)(Cc1ccccc1)OC(C)C. The lowest BCUT2D eigenvalue weighted by molar-refractivity contribution is 0.104. The molecule has 0 amide bonds. The third-order valence-electron chi connectivity index (χ3n) is 2.16. The predicted molar refractivity (Wildman–Crippen MR) is 72.5 cm³/mol. The van der Waals surface area contributed by atoms with Gasteiger partial charge in [-0.2, -0.15) is 0 Å². The second kappa shape index (κ2) is 6.30. The molecule has 17 heavy (non-hydrogen) atoms. The van der Waals surface area contributed by atoms with Gasteiger partial charge in [-0.05, 0) is 33.3 Å².